The Morgan fingerprint density at radius 2 is 2.00 bits per heavy atom. The van der Waals surface area contributed by atoms with Crippen LogP contribution < -0.4 is 10.1 Å². The highest BCUT2D eigenvalue weighted by Gasteiger charge is 2.10. The van der Waals surface area contributed by atoms with Crippen LogP contribution in [0.4, 0.5) is 0 Å². The van der Waals surface area contributed by atoms with Crippen molar-refractivity contribution in [2.24, 2.45) is 0 Å². The van der Waals surface area contributed by atoms with Crippen LogP contribution in [0.15, 0.2) is 35.7 Å². The van der Waals surface area contributed by atoms with Gasteiger partial charge in [0.15, 0.2) is 0 Å². The van der Waals surface area contributed by atoms with Crippen molar-refractivity contribution in [1.29, 1.82) is 0 Å². The summed E-state index contributed by atoms with van der Waals surface area (Å²) in [7, 11) is 0. The van der Waals surface area contributed by atoms with Gasteiger partial charge in [0.2, 0.25) is 5.13 Å². The number of hydrogen-bond acceptors (Lipinski definition) is 5. The van der Waals surface area contributed by atoms with Gasteiger partial charge in [-0.3, -0.25) is 4.79 Å². The molecule has 0 saturated carbocycles. The molecule has 7 heteroatoms. The molecular formula is C20H24N4O2S. The molecule has 0 saturated heterocycles. The standard InChI is InChI=1S/C20H24N4O2S/c1-13(2)26-18-7-5-16(6-8-18)19(25)21-10-9-17-12-27-20(22-17)24-15(4)11-14(3)23-24/h5-8,11-13H,9-10H2,1-4H3,(H,21,25). The predicted molar refractivity (Wildman–Crippen MR) is 107 cm³/mol. The zero-order valence-electron chi connectivity index (χ0n) is 16.0. The molecule has 6 nitrogen and oxygen atoms in total. The number of amides is 1. The quantitative estimate of drug-likeness (QED) is 0.674. The summed E-state index contributed by atoms with van der Waals surface area (Å²) in [6.07, 6.45) is 0.790. The summed E-state index contributed by atoms with van der Waals surface area (Å²) < 4.78 is 7.44. The Morgan fingerprint density at radius 1 is 1.26 bits per heavy atom. The van der Waals surface area contributed by atoms with E-state index in [-0.39, 0.29) is 12.0 Å². The fourth-order valence-electron chi connectivity index (χ4n) is 2.69. The number of carbonyl (C=O) groups is 1. The van der Waals surface area contributed by atoms with Crippen LogP contribution in [0.5, 0.6) is 5.75 Å². The summed E-state index contributed by atoms with van der Waals surface area (Å²) in [6, 6.07) is 9.21. The largest absolute Gasteiger partial charge is 0.491 e. The van der Waals surface area contributed by atoms with Gasteiger partial charge in [-0.05, 0) is 58.0 Å². The molecule has 142 valence electrons. The van der Waals surface area contributed by atoms with Crippen molar-refractivity contribution in [2.75, 3.05) is 6.54 Å². The number of aromatic nitrogens is 3. The third kappa shape index (κ3) is 4.95. The van der Waals surface area contributed by atoms with Crippen molar-refractivity contribution in [3.05, 3.63) is 58.4 Å². The SMILES string of the molecule is Cc1cc(C)n(-c2nc(CCNC(=O)c3ccc(OC(C)C)cc3)cs2)n1. The molecule has 0 aliphatic heterocycles. The Labute approximate surface area is 163 Å². The molecular weight excluding hydrogens is 360 g/mol. The Bertz CT molecular complexity index is 912. The summed E-state index contributed by atoms with van der Waals surface area (Å²) in [5.41, 5.74) is 3.60. The second-order valence-electron chi connectivity index (χ2n) is 6.66. The van der Waals surface area contributed by atoms with Crippen molar-refractivity contribution >= 4 is 17.2 Å². The molecule has 0 bridgehead atoms. The number of rotatable bonds is 7. The van der Waals surface area contributed by atoms with Gasteiger partial charge in [0, 0.05) is 29.6 Å². The monoisotopic (exact) mass is 384 g/mol. The van der Waals surface area contributed by atoms with Crippen molar-refractivity contribution in [3.8, 4) is 10.9 Å². The number of ether oxygens (including phenoxy) is 1. The molecule has 0 spiro atoms. The Hall–Kier alpha value is -2.67. The number of benzene rings is 1. The Kier molecular flexibility index (Phi) is 5.91. The smallest absolute Gasteiger partial charge is 0.251 e. The van der Waals surface area contributed by atoms with Crippen molar-refractivity contribution in [2.45, 2.75) is 40.2 Å². The number of nitrogens with one attached hydrogen (secondary N) is 1. The summed E-state index contributed by atoms with van der Waals surface area (Å²) in [4.78, 5) is 16.9. The lowest BCUT2D eigenvalue weighted by molar-refractivity contribution is 0.0954. The van der Waals surface area contributed by atoms with E-state index in [9.17, 15) is 4.79 Å². The van der Waals surface area contributed by atoms with Crippen LogP contribution >= 0.6 is 11.3 Å². The normalized spacial score (nSPS) is 11.0. The molecule has 0 atom stereocenters. The number of thiazole rings is 1. The van der Waals surface area contributed by atoms with Gasteiger partial charge in [0.1, 0.15) is 5.75 Å². The maximum absolute atomic E-state index is 12.3. The van der Waals surface area contributed by atoms with Gasteiger partial charge in [-0.1, -0.05) is 0 Å². The minimum atomic E-state index is -0.0971. The fraction of sp³-hybridized carbons (Fsp3) is 0.350. The van der Waals surface area contributed by atoms with Crippen LogP contribution in [0.1, 0.15) is 41.3 Å². The molecule has 0 aliphatic carbocycles. The lowest BCUT2D eigenvalue weighted by Crippen LogP contribution is -2.25. The lowest BCUT2D eigenvalue weighted by atomic mass is 10.2. The molecule has 0 fully saturated rings. The van der Waals surface area contributed by atoms with E-state index >= 15 is 0 Å². The summed E-state index contributed by atoms with van der Waals surface area (Å²) in [6.45, 7) is 8.45. The first-order chi connectivity index (χ1) is 12.9. The van der Waals surface area contributed by atoms with E-state index < -0.39 is 0 Å². The Balaban J connectivity index is 1.52. The van der Waals surface area contributed by atoms with Gasteiger partial charge in [0.05, 0.1) is 17.5 Å². The van der Waals surface area contributed by atoms with Gasteiger partial charge in [-0.25, -0.2) is 9.67 Å². The van der Waals surface area contributed by atoms with E-state index in [4.69, 9.17) is 4.74 Å². The molecule has 0 aliphatic rings. The molecule has 3 aromatic rings. The highest BCUT2D eigenvalue weighted by atomic mass is 32.1. The maximum Gasteiger partial charge on any atom is 0.251 e. The first kappa shape index (κ1) is 19.1. The van der Waals surface area contributed by atoms with Crippen LogP contribution in [0.2, 0.25) is 0 Å². The van der Waals surface area contributed by atoms with E-state index in [1.807, 2.05) is 56.0 Å². The molecule has 1 aromatic carbocycles. The van der Waals surface area contributed by atoms with Gasteiger partial charge >= 0.3 is 0 Å². The zero-order valence-corrected chi connectivity index (χ0v) is 16.8. The van der Waals surface area contributed by atoms with Crippen LogP contribution in [0, 0.1) is 13.8 Å². The molecule has 2 aromatic heterocycles. The van der Waals surface area contributed by atoms with E-state index in [1.165, 1.54) is 0 Å². The average molecular weight is 385 g/mol. The zero-order chi connectivity index (χ0) is 19.4. The van der Waals surface area contributed by atoms with E-state index in [1.54, 1.807) is 23.5 Å². The highest BCUT2D eigenvalue weighted by molar-refractivity contribution is 7.12. The van der Waals surface area contributed by atoms with Crippen molar-refractivity contribution in [3.63, 3.8) is 0 Å². The second kappa shape index (κ2) is 8.35. The third-order valence-electron chi connectivity index (χ3n) is 3.89. The van der Waals surface area contributed by atoms with E-state index in [2.05, 4.69) is 15.4 Å². The van der Waals surface area contributed by atoms with Crippen LogP contribution in [0.25, 0.3) is 5.13 Å². The molecule has 3 rings (SSSR count). The average Bonchev–Trinajstić information content (AvgIpc) is 3.20. The van der Waals surface area contributed by atoms with E-state index in [0.29, 0.717) is 18.5 Å². The second-order valence-corrected chi connectivity index (χ2v) is 7.49. The number of nitrogens with zero attached hydrogens (tertiary/aromatic N) is 3. The first-order valence-electron chi connectivity index (χ1n) is 8.95. The van der Waals surface area contributed by atoms with Crippen LogP contribution in [-0.4, -0.2) is 33.3 Å². The topological polar surface area (TPSA) is 69.0 Å². The maximum atomic E-state index is 12.3. The molecule has 0 unspecified atom stereocenters. The molecule has 0 radical (unpaired) electrons. The predicted octanol–water partition coefficient (Wildman–Crippen LogP) is 3.71. The lowest BCUT2D eigenvalue weighted by Gasteiger charge is -2.10. The summed E-state index contributed by atoms with van der Waals surface area (Å²) in [5, 5.41) is 10.2. The summed E-state index contributed by atoms with van der Waals surface area (Å²) in [5.74, 6) is 0.667. The van der Waals surface area contributed by atoms with Gasteiger partial charge in [-0.15, -0.1) is 11.3 Å². The molecule has 27 heavy (non-hydrogen) atoms. The van der Waals surface area contributed by atoms with Crippen molar-refractivity contribution in [1.82, 2.24) is 20.1 Å². The van der Waals surface area contributed by atoms with E-state index in [0.717, 1.165) is 28.0 Å². The minimum absolute atomic E-state index is 0.0971. The van der Waals surface area contributed by atoms with Gasteiger partial charge in [-0.2, -0.15) is 5.10 Å². The Morgan fingerprint density at radius 3 is 2.63 bits per heavy atom. The minimum Gasteiger partial charge on any atom is -0.491 e. The third-order valence-corrected chi connectivity index (χ3v) is 4.75. The van der Waals surface area contributed by atoms with Crippen molar-refractivity contribution < 1.29 is 9.53 Å². The number of hydrogen-bond donors (Lipinski definition) is 1. The number of aryl methyl sites for hydroxylation is 2. The van der Waals surface area contributed by atoms with Gasteiger partial charge < -0.3 is 10.1 Å². The first-order valence-corrected chi connectivity index (χ1v) is 9.83. The molecule has 1 amide bonds. The fourth-order valence-corrected chi connectivity index (χ4v) is 3.56. The van der Waals surface area contributed by atoms with Crippen LogP contribution in [-0.2, 0) is 6.42 Å². The highest BCUT2D eigenvalue weighted by Crippen LogP contribution is 2.17. The summed E-state index contributed by atoms with van der Waals surface area (Å²) >= 11 is 1.55. The van der Waals surface area contributed by atoms with Crippen LogP contribution in [0.3, 0.4) is 0 Å². The number of carbonyl (C=O) groups excluding carboxylic acids is 1. The molecule has 2 heterocycles. The van der Waals surface area contributed by atoms with Gasteiger partial charge in [0.25, 0.3) is 5.91 Å². The molecule has 1 N–H and O–H groups in total.